The third-order valence-electron chi connectivity index (χ3n) is 1.73. The Kier molecular flexibility index (Phi) is 1.90. The standard InChI is InChI=1S/C8H7ClN4/c9-7-4-12-8-6(7)1-5(2-11-8)3-13-10/h1-4H,10H2,(H,11,12). The number of hydrazone groups is 1. The summed E-state index contributed by atoms with van der Waals surface area (Å²) in [7, 11) is 0. The topological polar surface area (TPSA) is 67.1 Å². The zero-order chi connectivity index (χ0) is 9.26. The van der Waals surface area contributed by atoms with Crippen molar-refractivity contribution < 1.29 is 0 Å². The van der Waals surface area contributed by atoms with E-state index >= 15 is 0 Å². The lowest BCUT2D eigenvalue weighted by atomic mass is 10.2. The number of rotatable bonds is 1. The molecule has 0 fully saturated rings. The number of aromatic amines is 1. The number of halogens is 1. The highest BCUT2D eigenvalue weighted by atomic mass is 35.5. The first-order valence-corrected chi connectivity index (χ1v) is 4.05. The number of nitrogens with one attached hydrogen (secondary N) is 1. The lowest BCUT2D eigenvalue weighted by molar-refractivity contribution is 1.26. The molecule has 2 aromatic rings. The molecule has 0 aliphatic carbocycles. The van der Waals surface area contributed by atoms with E-state index < -0.39 is 0 Å². The normalized spacial score (nSPS) is 11.5. The van der Waals surface area contributed by atoms with Crippen LogP contribution in [-0.4, -0.2) is 16.2 Å². The molecule has 13 heavy (non-hydrogen) atoms. The number of hydrogen-bond donors (Lipinski definition) is 2. The number of fused-ring (bicyclic) bond motifs is 1. The number of pyridine rings is 1. The van der Waals surface area contributed by atoms with E-state index in [0.717, 1.165) is 16.6 Å². The molecule has 0 aromatic carbocycles. The number of nitrogens with zero attached hydrogens (tertiary/aromatic N) is 2. The smallest absolute Gasteiger partial charge is 0.138 e. The number of nitrogens with two attached hydrogens (primary N) is 1. The van der Waals surface area contributed by atoms with E-state index in [0.29, 0.717) is 5.02 Å². The van der Waals surface area contributed by atoms with Gasteiger partial charge in [0.2, 0.25) is 0 Å². The van der Waals surface area contributed by atoms with Crippen molar-refractivity contribution in [1.29, 1.82) is 0 Å². The van der Waals surface area contributed by atoms with Crippen LogP contribution < -0.4 is 5.84 Å². The van der Waals surface area contributed by atoms with Gasteiger partial charge in [-0.05, 0) is 6.07 Å². The van der Waals surface area contributed by atoms with Crippen LogP contribution in [-0.2, 0) is 0 Å². The summed E-state index contributed by atoms with van der Waals surface area (Å²) in [6.07, 6.45) is 4.89. The summed E-state index contributed by atoms with van der Waals surface area (Å²) >= 11 is 5.90. The van der Waals surface area contributed by atoms with Gasteiger partial charge in [-0.15, -0.1) is 0 Å². The van der Waals surface area contributed by atoms with Crippen molar-refractivity contribution in [1.82, 2.24) is 9.97 Å². The summed E-state index contributed by atoms with van der Waals surface area (Å²) in [6, 6.07) is 1.87. The maximum absolute atomic E-state index is 5.90. The number of H-pyrrole nitrogens is 1. The van der Waals surface area contributed by atoms with Crippen LogP contribution in [0, 0.1) is 0 Å². The fraction of sp³-hybridized carbons (Fsp3) is 0. The summed E-state index contributed by atoms with van der Waals surface area (Å²) < 4.78 is 0. The Labute approximate surface area is 79.4 Å². The zero-order valence-corrected chi connectivity index (χ0v) is 7.42. The second-order valence-electron chi connectivity index (χ2n) is 2.58. The fourth-order valence-corrected chi connectivity index (χ4v) is 1.34. The van der Waals surface area contributed by atoms with Gasteiger partial charge in [0.1, 0.15) is 5.65 Å². The highest BCUT2D eigenvalue weighted by Gasteiger charge is 2.01. The van der Waals surface area contributed by atoms with E-state index in [4.69, 9.17) is 17.4 Å². The zero-order valence-electron chi connectivity index (χ0n) is 6.66. The van der Waals surface area contributed by atoms with Gasteiger partial charge in [-0.1, -0.05) is 11.6 Å². The monoisotopic (exact) mass is 194 g/mol. The fourth-order valence-electron chi connectivity index (χ4n) is 1.14. The van der Waals surface area contributed by atoms with Crippen molar-refractivity contribution in [3.05, 3.63) is 29.0 Å². The Morgan fingerprint density at radius 3 is 3.23 bits per heavy atom. The molecule has 0 bridgehead atoms. The van der Waals surface area contributed by atoms with Crippen molar-refractivity contribution in [3.63, 3.8) is 0 Å². The lowest BCUT2D eigenvalue weighted by Gasteiger charge is -1.92. The minimum atomic E-state index is 0.648. The van der Waals surface area contributed by atoms with Crippen molar-refractivity contribution in [2.45, 2.75) is 0 Å². The SMILES string of the molecule is NN=Cc1cnc2[nH]cc(Cl)c2c1. The molecule has 0 atom stereocenters. The Balaban J connectivity index is 2.65. The van der Waals surface area contributed by atoms with Gasteiger partial charge in [-0.25, -0.2) is 4.98 Å². The molecule has 5 heteroatoms. The molecule has 2 aromatic heterocycles. The van der Waals surface area contributed by atoms with E-state index in [1.54, 1.807) is 12.4 Å². The van der Waals surface area contributed by atoms with Gasteiger partial charge in [-0.3, -0.25) is 0 Å². The molecule has 0 saturated heterocycles. The van der Waals surface area contributed by atoms with E-state index in [-0.39, 0.29) is 0 Å². The predicted octanol–water partition coefficient (Wildman–Crippen LogP) is 1.51. The van der Waals surface area contributed by atoms with E-state index in [9.17, 15) is 0 Å². The number of aromatic nitrogens is 2. The van der Waals surface area contributed by atoms with Crippen LogP contribution in [0.4, 0.5) is 0 Å². The molecule has 2 rings (SSSR count). The highest BCUT2D eigenvalue weighted by Crippen LogP contribution is 2.21. The maximum atomic E-state index is 5.90. The molecule has 0 aliphatic rings. The van der Waals surface area contributed by atoms with E-state index in [1.165, 1.54) is 6.21 Å². The first-order chi connectivity index (χ1) is 6.31. The van der Waals surface area contributed by atoms with Crippen LogP contribution in [0.5, 0.6) is 0 Å². The highest BCUT2D eigenvalue weighted by molar-refractivity contribution is 6.35. The summed E-state index contributed by atoms with van der Waals surface area (Å²) in [6.45, 7) is 0. The summed E-state index contributed by atoms with van der Waals surface area (Å²) in [5.74, 6) is 5.02. The maximum Gasteiger partial charge on any atom is 0.138 e. The molecular weight excluding hydrogens is 188 g/mol. The quantitative estimate of drug-likeness (QED) is 0.411. The Morgan fingerprint density at radius 2 is 2.46 bits per heavy atom. The summed E-state index contributed by atoms with van der Waals surface area (Å²) in [5, 5.41) is 4.93. The molecule has 66 valence electrons. The molecule has 0 radical (unpaired) electrons. The molecule has 0 aliphatic heterocycles. The third-order valence-corrected chi connectivity index (χ3v) is 2.04. The first-order valence-electron chi connectivity index (χ1n) is 3.67. The van der Waals surface area contributed by atoms with E-state index in [2.05, 4.69) is 15.1 Å². The predicted molar refractivity (Wildman–Crippen MR) is 52.9 cm³/mol. The second-order valence-corrected chi connectivity index (χ2v) is 2.99. The Bertz CT molecular complexity index is 460. The van der Waals surface area contributed by atoms with Crippen LogP contribution in [0.3, 0.4) is 0 Å². The summed E-state index contributed by atoms with van der Waals surface area (Å²) in [4.78, 5) is 7.07. The number of hydrogen-bond acceptors (Lipinski definition) is 3. The molecule has 0 unspecified atom stereocenters. The van der Waals surface area contributed by atoms with Gasteiger partial charge in [0.05, 0.1) is 11.2 Å². The first kappa shape index (κ1) is 8.07. The van der Waals surface area contributed by atoms with Gasteiger partial charge in [-0.2, -0.15) is 5.10 Å². The Hall–Kier alpha value is -1.55. The Morgan fingerprint density at radius 1 is 1.62 bits per heavy atom. The molecular formula is C8H7ClN4. The molecule has 0 saturated carbocycles. The average Bonchev–Trinajstić information content (AvgIpc) is 2.49. The van der Waals surface area contributed by atoms with Crippen LogP contribution in [0.25, 0.3) is 11.0 Å². The summed E-state index contributed by atoms with van der Waals surface area (Å²) in [5.41, 5.74) is 1.59. The molecule has 0 amide bonds. The molecule has 3 N–H and O–H groups in total. The van der Waals surface area contributed by atoms with Gasteiger partial charge in [0.25, 0.3) is 0 Å². The van der Waals surface area contributed by atoms with Crippen molar-refractivity contribution in [2.75, 3.05) is 0 Å². The van der Waals surface area contributed by atoms with Crippen LogP contribution in [0.15, 0.2) is 23.6 Å². The van der Waals surface area contributed by atoms with Crippen LogP contribution in [0.2, 0.25) is 5.02 Å². The van der Waals surface area contributed by atoms with E-state index in [1.807, 2.05) is 6.07 Å². The molecule has 2 heterocycles. The molecule has 4 nitrogen and oxygen atoms in total. The molecule has 0 spiro atoms. The van der Waals surface area contributed by atoms with Crippen molar-refractivity contribution in [3.8, 4) is 0 Å². The minimum Gasteiger partial charge on any atom is -0.345 e. The van der Waals surface area contributed by atoms with Gasteiger partial charge < -0.3 is 10.8 Å². The minimum absolute atomic E-state index is 0.648. The lowest BCUT2D eigenvalue weighted by Crippen LogP contribution is -1.87. The second kappa shape index (κ2) is 3.06. The van der Waals surface area contributed by atoms with Crippen LogP contribution in [0.1, 0.15) is 5.56 Å². The van der Waals surface area contributed by atoms with Crippen LogP contribution >= 0.6 is 11.6 Å². The van der Waals surface area contributed by atoms with Gasteiger partial charge >= 0.3 is 0 Å². The van der Waals surface area contributed by atoms with Crippen molar-refractivity contribution >= 4 is 28.8 Å². The van der Waals surface area contributed by atoms with Gasteiger partial charge in [0, 0.05) is 23.3 Å². The average molecular weight is 195 g/mol. The third kappa shape index (κ3) is 1.36. The largest absolute Gasteiger partial charge is 0.345 e. The van der Waals surface area contributed by atoms with Gasteiger partial charge in [0.15, 0.2) is 0 Å². The van der Waals surface area contributed by atoms with Crippen molar-refractivity contribution in [2.24, 2.45) is 10.9 Å².